The van der Waals surface area contributed by atoms with Crippen LogP contribution in [-0.2, 0) is 25.8 Å². The van der Waals surface area contributed by atoms with Gasteiger partial charge in [-0.3, -0.25) is 15.0 Å². The SMILES string of the molecule is I.N=C(N)c1cccc(C[C@H](N)C(=O)NC(C(=O)N2CCCCC2)S(=O)(=O)c2ccc3ccccc3c2)c1.O=C(O)O. The summed E-state index contributed by atoms with van der Waals surface area (Å²) in [7, 11) is -4.28. The number of hydrogen-bond acceptors (Lipinski definition) is 7. The molecule has 1 unspecified atom stereocenters. The topological polar surface area (TPSA) is 217 Å². The van der Waals surface area contributed by atoms with E-state index in [1.165, 1.54) is 17.0 Å². The molecule has 1 heterocycles. The second kappa shape index (κ2) is 15.5. The predicted octanol–water partition coefficient (Wildman–Crippen LogP) is 2.76. The van der Waals surface area contributed by atoms with Gasteiger partial charge in [0.05, 0.1) is 10.9 Å². The van der Waals surface area contributed by atoms with E-state index in [9.17, 15) is 18.0 Å². The summed E-state index contributed by atoms with van der Waals surface area (Å²) < 4.78 is 27.5. The van der Waals surface area contributed by atoms with Crippen LogP contribution in [0.5, 0.6) is 0 Å². The zero-order chi connectivity index (χ0) is 30.2. The van der Waals surface area contributed by atoms with E-state index in [0.717, 1.165) is 24.6 Å². The number of nitrogens with one attached hydrogen (secondary N) is 2. The lowest BCUT2D eigenvalue weighted by molar-refractivity contribution is -0.135. The molecule has 1 fully saturated rings. The minimum atomic E-state index is -4.28. The van der Waals surface area contributed by atoms with Crippen LogP contribution in [0.4, 0.5) is 4.79 Å². The molecule has 226 valence electrons. The minimum absolute atomic E-state index is 0. The highest BCUT2D eigenvalue weighted by Crippen LogP contribution is 2.23. The Balaban J connectivity index is 0.00000116. The lowest BCUT2D eigenvalue weighted by Crippen LogP contribution is -2.56. The van der Waals surface area contributed by atoms with Gasteiger partial charge >= 0.3 is 6.16 Å². The van der Waals surface area contributed by atoms with Crippen LogP contribution in [0.2, 0.25) is 0 Å². The van der Waals surface area contributed by atoms with Crippen molar-refractivity contribution in [2.45, 2.75) is 42.0 Å². The molecule has 2 amide bonds. The number of amidine groups is 1. The normalized spacial score (nSPS) is 14.4. The number of benzene rings is 3. The molecule has 12 nitrogen and oxygen atoms in total. The molecule has 0 spiro atoms. The molecule has 1 aliphatic heterocycles. The van der Waals surface area contributed by atoms with E-state index in [-0.39, 0.29) is 41.1 Å². The number of fused-ring (bicyclic) bond motifs is 1. The molecular weight excluding hydrogens is 677 g/mol. The second-order valence-electron chi connectivity index (χ2n) is 9.54. The number of carboxylic acid groups (broad SMARTS) is 2. The molecule has 2 atom stereocenters. The van der Waals surface area contributed by atoms with Crippen molar-refractivity contribution >= 4 is 68.4 Å². The van der Waals surface area contributed by atoms with Crippen molar-refractivity contribution in [3.05, 3.63) is 77.9 Å². The van der Waals surface area contributed by atoms with Crippen molar-refractivity contribution in [1.29, 1.82) is 5.41 Å². The molecule has 3 aromatic rings. The number of amides is 2. The summed E-state index contributed by atoms with van der Waals surface area (Å²) in [4.78, 5) is 36.6. The van der Waals surface area contributed by atoms with Gasteiger partial charge in [-0.05, 0) is 60.2 Å². The third-order valence-electron chi connectivity index (χ3n) is 6.56. The number of nitrogens with zero attached hydrogens (tertiary/aromatic N) is 1. The third-order valence-corrected chi connectivity index (χ3v) is 8.41. The average molecular weight is 712 g/mol. The lowest BCUT2D eigenvalue weighted by atomic mass is 10.0. The van der Waals surface area contributed by atoms with Gasteiger partial charge in [0.25, 0.3) is 5.91 Å². The molecule has 14 heteroatoms. The zero-order valence-electron chi connectivity index (χ0n) is 22.6. The fourth-order valence-corrected chi connectivity index (χ4v) is 5.99. The Bertz CT molecular complexity index is 1540. The lowest BCUT2D eigenvalue weighted by Gasteiger charge is -2.31. The Morgan fingerprint density at radius 3 is 2.17 bits per heavy atom. The molecule has 0 radical (unpaired) electrons. The number of halogens is 1. The van der Waals surface area contributed by atoms with E-state index < -0.39 is 39.2 Å². The number of carbonyl (C=O) groups is 3. The second-order valence-corrected chi connectivity index (χ2v) is 11.6. The highest BCUT2D eigenvalue weighted by Gasteiger charge is 2.39. The minimum Gasteiger partial charge on any atom is -0.450 e. The van der Waals surface area contributed by atoms with Crippen LogP contribution in [0.25, 0.3) is 10.8 Å². The highest BCUT2D eigenvalue weighted by atomic mass is 127. The van der Waals surface area contributed by atoms with Gasteiger partial charge in [-0.1, -0.05) is 48.5 Å². The van der Waals surface area contributed by atoms with Crippen molar-refractivity contribution in [3.8, 4) is 0 Å². The molecule has 8 N–H and O–H groups in total. The number of likely N-dealkylation sites (tertiary alicyclic amines) is 1. The Hall–Kier alpha value is -3.76. The van der Waals surface area contributed by atoms with Gasteiger partial charge in [0, 0.05) is 18.7 Å². The van der Waals surface area contributed by atoms with Gasteiger partial charge < -0.3 is 31.9 Å². The number of carbonyl (C=O) groups excluding carboxylic acids is 2. The van der Waals surface area contributed by atoms with Gasteiger partial charge in [0.1, 0.15) is 5.84 Å². The number of piperidine rings is 1. The van der Waals surface area contributed by atoms with Crippen molar-refractivity contribution in [2.24, 2.45) is 11.5 Å². The smallest absolute Gasteiger partial charge is 0.450 e. The molecule has 4 rings (SSSR count). The number of nitrogen functional groups attached to an aromatic ring is 1. The fourth-order valence-electron chi connectivity index (χ4n) is 4.48. The molecule has 0 aliphatic carbocycles. The first-order valence-corrected chi connectivity index (χ1v) is 14.4. The van der Waals surface area contributed by atoms with Crippen LogP contribution >= 0.6 is 24.0 Å². The summed E-state index contributed by atoms with van der Waals surface area (Å²) in [5, 5.41) is 23.8. The van der Waals surface area contributed by atoms with Gasteiger partial charge in [0.15, 0.2) is 0 Å². The van der Waals surface area contributed by atoms with Crippen molar-refractivity contribution in [1.82, 2.24) is 10.2 Å². The summed E-state index contributed by atoms with van der Waals surface area (Å²) in [5.74, 6) is -1.53. The molecule has 1 aliphatic rings. The predicted molar refractivity (Wildman–Crippen MR) is 169 cm³/mol. The van der Waals surface area contributed by atoms with E-state index in [1.54, 1.807) is 42.5 Å². The van der Waals surface area contributed by atoms with Gasteiger partial charge in [-0.15, -0.1) is 24.0 Å². The maximum absolute atomic E-state index is 13.8. The molecule has 0 bridgehead atoms. The highest BCUT2D eigenvalue weighted by molar-refractivity contribution is 14.0. The zero-order valence-corrected chi connectivity index (χ0v) is 25.7. The fraction of sp³-hybridized carbons (Fsp3) is 0.286. The number of nitrogens with two attached hydrogens (primary N) is 2. The Morgan fingerprint density at radius 2 is 1.55 bits per heavy atom. The third kappa shape index (κ3) is 9.12. The Kier molecular flexibility index (Phi) is 12.7. The van der Waals surface area contributed by atoms with Crippen LogP contribution in [0.3, 0.4) is 0 Å². The van der Waals surface area contributed by atoms with Crippen LogP contribution < -0.4 is 16.8 Å². The van der Waals surface area contributed by atoms with Gasteiger partial charge in [0.2, 0.25) is 21.1 Å². The van der Waals surface area contributed by atoms with E-state index in [2.05, 4.69) is 5.32 Å². The maximum atomic E-state index is 13.8. The van der Waals surface area contributed by atoms with Gasteiger partial charge in [-0.25, -0.2) is 13.2 Å². The summed E-state index contributed by atoms with van der Waals surface area (Å²) in [6, 6.07) is 17.6. The molecular formula is C28H34IN5O7S. The van der Waals surface area contributed by atoms with E-state index in [4.69, 9.17) is 31.9 Å². The average Bonchev–Trinajstić information content (AvgIpc) is 2.95. The first-order valence-electron chi connectivity index (χ1n) is 12.8. The van der Waals surface area contributed by atoms with Crippen molar-refractivity contribution in [2.75, 3.05) is 13.1 Å². The number of rotatable bonds is 8. The van der Waals surface area contributed by atoms with Crippen molar-refractivity contribution < 1.29 is 33.0 Å². The molecule has 0 saturated carbocycles. The van der Waals surface area contributed by atoms with E-state index in [1.807, 2.05) is 12.1 Å². The summed E-state index contributed by atoms with van der Waals surface area (Å²) >= 11 is 0. The molecule has 42 heavy (non-hydrogen) atoms. The standard InChI is InChI=1S/C27H31N5O4S.CH2O3.HI/c28-23(16-18-7-6-10-21(15-18)24(29)30)25(33)31-26(27(34)32-13-4-1-5-14-32)37(35,36)22-12-11-19-8-2-3-9-20(19)17-22;2-1(3)4;/h2-3,6-12,15,17,23,26H,1,4-5,13-14,16,28H2,(H3,29,30)(H,31,33);(H2,2,3,4);1H/t23-,26?;;/m0../s1. The van der Waals surface area contributed by atoms with Crippen LogP contribution in [0, 0.1) is 5.41 Å². The van der Waals surface area contributed by atoms with Crippen LogP contribution in [0.1, 0.15) is 30.4 Å². The first kappa shape index (κ1) is 34.4. The Morgan fingerprint density at radius 1 is 0.929 bits per heavy atom. The van der Waals surface area contributed by atoms with E-state index >= 15 is 0 Å². The molecule has 1 saturated heterocycles. The monoisotopic (exact) mass is 711 g/mol. The first-order chi connectivity index (χ1) is 19.4. The van der Waals surface area contributed by atoms with Gasteiger partial charge in [-0.2, -0.15) is 0 Å². The summed E-state index contributed by atoms with van der Waals surface area (Å²) in [5.41, 5.74) is 12.8. The largest absolute Gasteiger partial charge is 0.503 e. The molecule has 0 aromatic heterocycles. The quantitative estimate of drug-likeness (QED) is 0.115. The number of hydrogen-bond donors (Lipinski definition) is 6. The van der Waals surface area contributed by atoms with E-state index in [0.29, 0.717) is 29.6 Å². The Labute approximate surface area is 260 Å². The van der Waals surface area contributed by atoms with Crippen molar-refractivity contribution in [3.63, 3.8) is 0 Å². The van der Waals surface area contributed by atoms with Crippen LogP contribution in [-0.4, -0.2) is 71.8 Å². The number of sulfone groups is 1. The maximum Gasteiger partial charge on any atom is 0.503 e. The van der Waals surface area contributed by atoms with Crippen LogP contribution in [0.15, 0.2) is 71.6 Å². The molecule has 3 aromatic carbocycles. The summed E-state index contributed by atoms with van der Waals surface area (Å²) in [6.07, 6.45) is 0.749. The summed E-state index contributed by atoms with van der Waals surface area (Å²) in [6.45, 7) is 0.866.